The largest absolute Gasteiger partial charge is 0.370 e. The number of rotatable bonds is 0. The first-order valence-electron chi connectivity index (χ1n) is 3.13. The van der Waals surface area contributed by atoms with Crippen LogP contribution in [0.2, 0.25) is 0 Å². The van der Waals surface area contributed by atoms with E-state index in [0.717, 1.165) is 13.0 Å². The zero-order chi connectivity index (χ0) is 6.91. The van der Waals surface area contributed by atoms with Gasteiger partial charge in [-0.3, -0.25) is 0 Å². The summed E-state index contributed by atoms with van der Waals surface area (Å²) in [5.74, 6) is 0. The van der Waals surface area contributed by atoms with Gasteiger partial charge in [0.1, 0.15) is 0 Å². The molecule has 1 nitrogen and oxygen atoms in total. The summed E-state index contributed by atoms with van der Waals surface area (Å²) in [4.78, 5) is 0. The second-order valence-corrected chi connectivity index (χ2v) is 3.86. The van der Waals surface area contributed by atoms with Gasteiger partial charge in [0.05, 0.1) is 12.2 Å². The molecule has 1 rings (SSSR count). The van der Waals surface area contributed by atoms with Crippen LogP contribution in [0.25, 0.3) is 0 Å². The molecule has 1 heterocycles. The minimum Gasteiger partial charge on any atom is -0.370 e. The first-order valence-corrected chi connectivity index (χ1v) is 4.21. The molecule has 1 aliphatic heterocycles. The van der Waals surface area contributed by atoms with Crippen molar-refractivity contribution < 1.29 is 4.74 Å². The topological polar surface area (TPSA) is 9.23 Å². The number of halogens is 1. The molecule has 1 aliphatic rings. The number of hydrogen-bond donors (Lipinski definition) is 0. The van der Waals surface area contributed by atoms with E-state index in [9.17, 15) is 0 Å². The summed E-state index contributed by atoms with van der Waals surface area (Å²) in [5.41, 5.74) is -0.0151. The maximum absolute atomic E-state index is 5.50. The third kappa shape index (κ3) is 1.67. The molecule has 0 unspecified atom stereocenters. The fourth-order valence-corrected chi connectivity index (χ4v) is 1.28. The highest BCUT2D eigenvalue weighted by Crippen LogP contribution is 2.30. The van der Waals surface area contributed by atoms with Gasteiger partial charge in [0.15, 0.2) is 0 Å². The van der Waals surface area contributed by atoms with Crippen molar-refractivity contribution in [3.05, 3.63) is 9.66 Å². The van der Waals surface area contributed by atoms with Gasteiger partial charge in [0.2, 0.25) is 0 Å². The molecule has 0 saturated carbocycles. The Balaban J connectivity index is 2.73. The molecule has 9 heavy (non-hydrogen) atoms. The molecule has 0 aromatic carbocycles. The van der Waals surface area contributed by atoms with Gasteiger partial charge >= 0.3 is 0 Å². The molecule has 0 saturated heterocycles. The summed E-state index contributed by atoms with van der Waals surface area (Å²) >= 11 is 2.34. The van der Waals surface area contributed by atoms with E-state index in [1.54, 1.807) is 0 Å². The van der Waals surface area contributed by atoms with Gasteiger partial charge in [-0.25, -0.2) is 0 Å². The Bertz CT molecular complexity index is 138. The second-order valence-electron chi connectivity index (χ2n) is 2.70. The molecule has 0 aromatic heterocycles. The summed E-state index contributed by atoms with van der Waals surface area (Å²) in [6.07, 6.45) is 3.31. The Labute approximate surface area is 69.6 Å². The number of ether oxygens (including phenoxy) is 1. The molecule has 0 spiro atoms. The molecule has 0 aromatic rings. The van der Waals surface area contributed by atoms with E-state index in [4.69, 9.17) is 4.74 Å². The summed E-state index contributed by atoms with van der Waals surface area (Å²) in [7, 11) is 0. The lowest BCUT2D eigenvalue weighted by Gasteiger charge is -2.28. The predicted octanol–water partition coefficient (Wildman–Crippen LogP) is 2.50. The molecule has 0 atom stereocenters. The summed E-state index contributed by atoms with van der Waals surface area (Å²) < 4.78 is 6.83. The Kier molecular flexibility index (Phi) is 2.16. The average Bonchev–Trinajstić information content (AvgIpc) is 1.77. The van der Waals surface area contributed by atoms with Crippen molar-refractivity contribution in [2.75, 3.05) is 6.61 Å². The third-order valence-corrected chi connectivity index (χ3v) is 3.22. The van der Waals surface area contributed by atoms with Gasteiger partial charge in [-0.2, -0.15) is 0 Å². The lowest BCUT2D eigenvalue weighted by atomic mass is 10.1. The molecule has 2 heteroatoms. The van der Waals surface area contributed by atoms with E-state index in [2.05, 4.69) is 42.5 Å². The Hall–Kier alpha value is 0.430. The van der Waals surface area contributed by atoms with Gasteiger partial charge in [-0.15, -0.1) is 0 Å². The molecular formula is C7H11IO. The van der Waals surface area contributed by atoms with Crippen LogP contribution < -0.4 is 0 Å². The Morgan fingerprint density at radius 1 is 1.67 bits per heavy atom. The zero-order valence-electron chi connectivity index (χ0n) is 5.78. The summed E-state index contributed by atoms with van der Waals surface area (Å²) in [6, 6.07) is 0. The van der Waals surface area contributed by atoms with E-state index in [-0.39, 0.29) is 5.60 Å². The lowest BCUT2D eigenvalue weighted by Crippen LogP contribution is -2.27. The average molecular weight is 238 g/mol. The monoisotopic (exact) mass is 238 g/mol. The smallest absolute Gasteiger partial charge is 0.0928 e. The van der Waals surface area contributed by atoms with Crippen LogP contribution in [-0.4, -0.2) is 12.2 Å². The van der Waals surface area contributed by atoms with E-state index >= 15 is 0 Å². The molecular weight excluding hydrogens is 227 g/mol. The quantitative estimate of drug-likeness (QED) is 0.589. The van der Waals surface area contributed by atoms with Crippen LogP contribution in [0, 0.1) is 0 Å². The SMILES string of the molecule is CC1(C)OCCC=C1I. The van der Waals surface area contributed by atoms with Crippen molar-refractivity contribution >= 4 is 22.6 Å². The molecule has 0 N–H and O–H groups in total. The van der Waals surface area contributed by atoms with E-state index in [1.807, 2.05) is 0 Å². The van der Waals surface area contributed by atoms with E-state index in [1.165, 1.54) is 3.58 Å². The van der Waals surface area contributed by atoms with E-state index in [0.29, 0.717) is 0 Å². The summed E-state index contributed by atoms with van der Waals surface area (Å²) in [5, 5.41) is 0. The molecule has 52 valence electrons. The molecule has 0 radical (unpaired) electrons. The Morgan fingerprint density at radius 2 is 2.33 bits per heavy atom. The van der Waals surface area contributed by atoms with Crippen molar-refractivity contribution in [1.29, 1.82) is 0 Å². The van der Waals surface area contributed by atoms with Crippen LogP contribution in [0.15, 0.2) is 9.66 Å². The van der Waals surface area contributed by atoms with Crippen LogP contribution in [0.4, 0.5) is 0 Å². The van der Waals surface area contributed by atoms with Crippen molar-refractivity contribution in [3.63, 3.8) is 0 Å². The highest BCUT2D eigenvalue weighted by atomic mass is 127. The van der Waals surface area contributed by atoms with Crippen LogP contribution in [0.3, 0.4) is 0 Å². The van der Waals surface area contributed by atoms with Gasteiger partial charge in [-0.05, 0) is 42.9 Å². The van der Waals surface area contributed by atoms with Crippen LogP contribution in [0.1, 0.15) is 20.3 Å². The molecule has 0 fully saturated rings. The highest BCUT2D eigenvalue weighted by Gasteiger charge is 2.23. The van der Waals surface area contributed by atoms with E-state index < -0.39 is 0 Å². The minimum atomic E-state index is -0.0151. The van der Waals surface area contributed by atoms with Gasteiger partial charge < -0.3 is 4.74 Å². The minimum absolute atomic E-state index is 0.0151. The third-order valence-electron chi connectivity index (χ3n) is 1.48. The summed E-state index contributed by atoms with van der Waals surface area (Å²) in [6.45, 7) is 5.08. The van der Waals surface area contributed by atoms with Crippen molar-refractivity contribution in [3.8, 4) is 0 Å². The lowest BCUT2D eigenvalue weighted by molar-refractivity contribution is 0.0125. The first kappa shape index (κ1) is 7.54. The standard InChI is InChI=1S/C7H11IO/c1-7(2)6(8)4-3-5-9-7/h4H,3,5H2,1-2H3. The molecule has 0 amide bonds. The van der Waals surface area contributed by atoms with Crippen molar-refractivity contribution in [2.24, 2.45) is 0 Å². The maximum atomic E-state index is 5.50. The Morgan fingerprint density at radius 3 is 2.67 bits per heavy atom. The maximum Gasteiger partial charge on any atom is 0.0928 e. The van der Waals surface area contributed by atoms with Gasteiger partial charge in [0, 0.05) is 3.58 Å². The fraction of sp³-hybridized carbons (Fsp3) is 0.714. The van der Waals surface area contributed by atoms with Crippen molar-refractivity contribution in [2.45, 2.75) is 25.9 Å². The van der Waals surface area contributed by atoms with Crippen LogP contribution in [0.5, 0.6) is 0 Å². The normalized spacial score (nSPS) is 25.4. The van der Waals surface area contributed by atoms with Crippen LogP contribution >= 0.6 is 22.6 Å². The van der Waals surface area contributed by atoms with Gasteiger partial charge in [0.25, 0.3) is 0 Å². The van der Waals surface area contributed by atoms with Crippen molar-refractivity contribution in [1.82, 2.24) is 0 Å². The van der Waals surface area contributed by atoms with Crippen LogP contribution in [-0.2, 0) is 4.74 Å². The highest BCUT2D eigenvalue weighted by molar-refractivity contribution is 14.1. The molecule has 0 aliphatic carbocycles. The zero-order valence-corrected chi connectivity index (χ0v) is 7.94. The molecule has 0 bridgehead atoms. The first-order chi connectivity index (χ1) is 4.13. The van der Waals surface area contributed by atoms with Gasteiger partial charge in [-0.1, -0.05) is 6.08 Å². The predicted molar refractivity (Wildman–Crippen MR) is 46.8 cm³/mol. The second kappa shape index (κ2) is 2.58. The number of hydrogen-bond acceptors (Lipinski definition) is 1. The fourth-order valence-electron chi connectivity index (χ4n) is 0.814.